The molecule has 1 amide bonds. The number of benzene rings is 1. The summed E-state index contributed by atoms with van der Waals surface area (Å²) < 4.78 is 28.8. The number of carbonyl (C=O) groups excluding carboxylic acids is 2. The van der Waals surface area contributed by atoms with E-state index in [1.54, 1.807) is 0 Å². The van der Waals surface area contributed by atoms with Gasteiger partial charge in [-0.3, -0.25) is 4.79 Å². The van der Waals surface area contributed by atoms with Crippen molar-refractivity contribution in [1.29, 1.82) is 0 Å². The van der Waals surface area contributed by atoms with Crippen LogP contribution in [0.3, 0.4) is 0 Å². The van der Waals surface area contributed by atoms with Crippen LogP contribution in [0, 0.1) is 6.92 Å². The predicted molar refractivity (Wildman–Crippen MR) is 92.0 cm³/mol. The SMILES string of the molecule is Cc1c(C(=O)OCC(=O)N[C@H]2CCS(=O)(=O)C2)sc2ccccc12. The summed E-state index contributed by atoms with van der Waals surface area (Å²) in [6.45, 7) is 1.43. The fourth-order valence-corrected chi connectivity index (χ4v) is 5.52. The largest absolute Gasteiger partial charge is 0.451 e. The lowest BCUT2D eigenvalue weighted by Gasteiger charge is -2.10. The molecule has 1 aliphatic heterocycles. The second-order valence-corrected chi connectivity index (χ2v) is 9.08. The number of hydrogen-bond donors (Lipinski definition) is 1. The van der Waals surface area contributed by atoms with E-state index in [-0.39, 0.29) is 11.5 Å². The Kier molecular flexibility index (Phi) is 4.60. The van der Waals surface area contributed by atoms with Gasteiger partial charge in [0.2, 0.25) is 0 Å². The lowest BCUT2D eigenvalue weighted by atomic mass is 10.1. The van der Waals surface area contributed by atoms with Gasteiger partial charge >= 0.3 is 5.97 Å². The highest BCUT2D eigenvalue weighted by atomic mass is 32.2. The first kappa shape index (κ1) is 16.9. The first-order valence-electron chi connectivity index (χ1n) is 7.51. The zero-order valence-electron chi connectivity index (χ0n) is 13.1. The molecule has 1 fully saturated rings. The number of rotatable bonds is 4. The number of fused-ring (bicyclic) bond motifs is 1. The molecule has 1 aliphatic rings. The van der Waals surface area contributed by atoms with E-state index >= 15 is 0 Å². The van der Waals surface area contributed by atoms with Crippen LogP contribution in [-0.4, -0.2) is 44.4 Å². The summed E-state index contributed by atoms with van der Waals surface area (Å²) in [4.78, 5) is 24.5. The van der Waals surface area contributed by atoms with Crippen molar-refractivity contribution >= 4 is 43.1 Å². The topological polar surface area (TPSA) is 89.5 Å². The molecule has 1 saturated heterocycles. The lowest BCUT2D eigenvalue weighted by molar-refractivity contribution is -0.124. The second-order valence-electron chi connectivity index (χ2n) is 5.80. The molecular weight excluding hydrogens is 350 g/mol. The molecule has 0 radical (unpaired) electrons. The van der Waals surface area contributed by atoms with Crippen molar-refractivity contribution in [3.05, 3.63) is 34.7 Å². The van der Waals surface area contributed by atoms with Gasteiger partial charge in [0.25, 0.3) is 5.91 Å². The summed E-state index contributed by atoms with van der Waals surface area (Å²) in [7, 11) is -3.06. The summed E-state index contributed by atoms with van der Waals surface area (Å²) in [6, 6.07) is 7.27. The number of esters is 1. The Morgan fingerprint density at radius 1 is 1.33 bits per heavy atom. The summed E-state index contributed by atoms with van der Waals surface area (Å²) >= 11 is 1.33. The molecular formula is C16H17NO5S2. The van der Waals surface area contributed by atoms with Gasteiger partial charge in [0.1, 0.15) is 4.88 Å². The van der Waals surface area contributed by atoms with E-state index in [0.717, 1.165) is 15.6 Å². The molecule has 6 nitrogen and oxygen atoms in total. The zero-order chi connectivity index (χ0) is 17.3. The Bertz CT molecular complexity index is 900. The number of aryl methyl sites for hydroxylation is 1. The van der Waals surface area contributed by atoms with Crippen molar-refractivity contribution in [3.63, 3.8) is 0 Å². The maximum absolute atomic E-state index is 12.2. The summed E-state index contributed by atoms with van der Waals surface area (Å²) in [6.07, 6.45) is 0.400. The average molecular weight is 367 g/mol. The van der Waals surface area contributed by atoms with Gasteiger partial charge in [0, 0.05) is 10.7 Å². The van der Waals surface area contributed by atoms with Crippen LogP contribution in [0.2, 0.25) is 0 Å². The summed E-state index contributed by atoms with van der Waals surface area (Å²) in [5.74, 6) is -0.993. The smallest absolute Gasteiger partial charge is 0.349 e. The third-order valence-electron chi connectivity index (χ3n) is 3.96. The summed E-state index contributed by atoms with van der Waals surface area (Å²) in [5, 5.41) is 3.59. The van der Waals surface area contributed by atoms with Crippen LogP contribution in [0.1, 0.15) is 21.7 Å². The van der Waals surface area contributed by atoms with Crippen molar-refractivity contribution in [1.82, 2.24) is 5.32 Å². The number of thiophene rings is 1. The van der Waals surface area contributed by atoms with Gasteiger partial charge in [0.05, 0.1) is 11.5 Å². The highest BCUT2D eigenvalue weighted by molar-refractivity contribution is 7.91. The number of hydrogen-bond acceptors (Lipinski definition) is 6. The molecule has 0 unspecified atom stereocenters. The molecule has 1 N–H and O–H groups in total. The monoisotopic (exact) mass is 367 g/mol. The number of ether oxygens (including phenoxy) is 1. The van der Waals surface area contributed by atoms with Gasteiger partial charge in [-0.2, -0.15) is 0 Å². The van der Waals surface area contributed by atoms with Crippen molar-refractivity contribution in [3.8, 4) is 0 Å². The molecule has 0 bridgehead atoms. The van der Waals surface area contributed by atoms with Crippen molar-refractivity contribution in [2.75, 3.05) is 18.1 Å². The summed E-state index contributed by atoms with van der Waals surface area (Å²) in [5.41, 5.74) is 0.836. The van der Waals surface area contributed by atoms with E-state index in [2.05, 4.69) is 5.32 Å². The molecule has 2 heterocycles. The van der Waals surface area contributed by atoms with Crippen LogP contribution < -0.4 is 5.32 Å². The number of carbonyl (C=O) groups is 2. The Hall–Kier alpha value is -1.93. The quantitative estimate of drug-likeness (QED) is 0.831. The highest BCUT2D eigenvalue weighted by Crippen LogP contribution is 2.30. The van der Waals surface area contributed by atoms with Crippen molar-refractivity contribution in [2.24, 2.45) is 0 Å². The van der Waals surface area contributed by atoms with Crippen LogP contribution >= 0.6 is 11.3 Å². The van der Waals surface area contributed by atoms with E-state index in [4.69, 9.17) is 4.74 Å². The van der Waals surface area contributed by atoms with Gasteiger partial charge in [-0.15, -0.1) is 11.3 Å². The zero-order valence-corrected chi connectivity index (χ0v) is 14.7. The normalized spacial score (nSPS) is 19.3. The molecule has 0 spiro atoms. The Labute approximate surface area is 143 Å². The minimum Gasteiger partial charge on any atom is -0.451 e. The van der Waals surface area contributed by atoms with Gasteiger partial charge in [0.15, 0.2) is 16.4 Å². The van der Waals surface area contributed by atoms with Gasteiger partial charge < -0.3 is 10.1 Å². The molecule has 1 aromatic heterocycles. The standard InChI is InChI=1S/C16H17NO5S2/c1-10-12-4-2-3-5-13(12)23-15(10)16(19)22-8-14(18)17-11-6-7-24(20,21)9-11/h2-5,11H,6-9H2,1H3,(H,17,18)/t11-/m0/s1. The van der Waals surface area contributed by atoms with Gasteiger partial charge in [-0.25, -0.2) is 13.2 Å². The molecule has 128 valence electrons. The fourth-order valence-electron chi connectivity index (χ4n) is 2.74. The molecule has 24 heavy (non-hydrogen) atoms. The molecule has 2 aromatic rings. The average Bonchev–Trinajstić information content (AvgIpc) is 3.05. The number of sulfone groups is 1. The van der Waals surface area contributed by atoms with Crippen LogP contribution in [-0.2, 0) is 19.4 Å². The van der Waals surface area contributed by atoms with E-state index in [9.17, 15) is 18.0 Å². The van der Waals surface area contributed by atoms with Crippen LogP contribution in [0.25, 0.3) is 10.1 Å². The lowest BCUT2D eigenvalue weighted by Crippen LogP contribution is -2.38. The minimum absolute atomic E-state index is 0.0535. The molecule has 0 saturated carbocycles. The van der Waals surface area contributed by atoms with Gasteiger partial charge in [-0.05, 0) is 30.4 Å². The fraction of sp³-hybridized carbons (Fsp3) is 0.375. The predicted octanol–water partition coefficient (Wildman–Crippen LogP) is 1.67. The number of amides is 1. The van der Waals surface area contributed by atoms with E-state index < -0.39 is 34.4 Å². The molecule has 1 aromatic carbocycles. The minimum atomic E-state index is -3.06. The molecule has 0 aliphatic carbocycles. The Morgan fingerprint density at radius 3 is 2.75 bits per heavy atom. The van der Waals surface area contributed by atoms with E-state index in [1.807, 2.05) is 31.2 Å². The van der Waals surface area contributed by atoms with Crippen LogP contribution in [0.5, 0.6) is 0 Å². The molecule has 3 rings (SSSR count). The second kappa shape index (κ2) is 6.52. The third kappa shape index (κ3) is 3.59. The van der Waals surface area contributed by atoms with Gasteiger partial charge in [-0.1, -0.05) is 18.2 Å². The molecule has 1 atom stereocenters. The van der Waals surface area contributed by atoms with Crippen LogP contribution in [0.15, 0.2) is 24.3 Å². The Morgan fingerprint density at radius 2 is 2.08 bits per heavy atom. The first-order chi connectivity index (χ1) is 11.4. The first-order valence-corrected chi connectivity index (χ1v) is 10.1. The van der Waals surface area contributed by atoms with Crippen LogP contribution in [0.4, 0.5) is 0 Å². The third-order valence-corrected chi connectivity index (χ3v) is 6.98. The van der Waals surface area contributed by atoms with Crippen molar-refractivity contribution in [2.45, 2.75) is 19.4 Å². The maximum Gasteiger partial charge on any atom is 0.349 e. The Balaban J connectivity index is 1.58. The molecule has 8 heteroatoms. The number of nitrogens with one attached hydrogen (secondary N) is 1. The van der Waals surface area contributed by atoms with Crippen molar-refractivity contribution < 1.29 is 22.7 Å². The van der Waals surface area contributed by atoms with E-state index in [1.165, 1.54) is 11.3 Å². The highest BCUT2D eigenvalue weighted by Gasteiger charge is 2.29. The maximum atomic E-state index is 12.2. The van der Waals surface area contributed by atoms with E-state index in [0.29, 0.717) is 11.3 Å².